The zero-order chi connectivity index (χ0) is 20.1. The van der Waals surface area contributed by atoms with Gasteiger partial charge in [-0.2, -0.15) is 0 Å². The number of carbonyl (C=O) groups excluding carboxylic acids is 1. The molecular weight excluding hydrogens is 374 g/mol. The van der Waals surface area contributed by atoms with Gasteiger partial charge >= 0.3 is 0 Å². The average molecular weight is 402 g/mol. The number of aromatic nitrogens is 2. The van der Waals surface area contributed by atoms with E-state index >= 15 is 0 Å². The lowest BCUT2D eigenvalue weighted by Crippen LogP contribution is -2.39. The molecule has 0 spiro atoms. The minimum absolute atomic E-state index is 0.105. The first kappa shape index (κ1) is 20.4. The van der Waals surface area contributed by atoms with Gasteiger partial charge in [-0.25, -0.2) is 4.98 Å². The molecule has 0 atom stereocenters. The van der Waals surface area contributed by atoms with Gasteiger partial charge in [-0.1, -0.05) is 11.6 Å². The molecule has 0 radical (unpaired) electrons. The first-order chi connectivity index (χ1) is 13.4. The number of carbonyl (C=O) groups is 1. The molecule has 6 nitrogen and oxygen atoms in total. The van der Waals surface area contributed by atoms with Crippen LogP contribution in [0, 0.1) is 12.8 Å². The lowest BCUT2D eigenvalue weighted by atomic mass is 9.86. The van der Waals surface area contributed by atoms with Crippen molar-refractivity contribution >= 4 is 29.0 Å². The molecule has 150 valence electrons. The van der Waals surface area contributed by atoms with E-state index in [1.165, 1.54) is 0 Å². The van der Waals surface area contributed by atoms with Crippen molar-refractivity contribution < 1.29 is 4.79 Å². The van der Waals surface area contributed by atoms with Crippen LogP contribution in [0.3, 0.4) is 0 Å². The summed E-state index contributed by atoms with van der Waals surface area (Å²) >= 11 is 6.05. The topological polar surface area (TPSA) is 70.1 Å². The number of halogens is 1. The summed E-state index contributed by atoms with van der Waals surface area (Å²) in [5.74, 6) is 1.14. The number of hydrogen-bond donors (Lipinski definition) is 2. The van der Waals surface area contributed by atoms with Gasteiger partial charge < -0.3 is 15.5 Å². The lowest BCUT2D eigenvalue weighted by molar-refractivity contribution is 0.0923. The summed E-state index contributed by atoms with van der Waals surface area (Å²) in [5.41, 5.74) is 2.75. The van der Waals surface area contributed by atoms with Crippen LogP contribution in [-0.4, -0.2) is 42.6 Å². The van der Waals surface area contributed by atoms with E-state index in [0.717, 1.165) is 43.5 Å². The molecule has 1 saturated carbocycles. The first-order valence-electron chi connectivity index (χ1n) is 9.71. The van der Waals surface area contributed by atoms with Crippen LogP contribution in [0.15, 0.2) is 30.7 Å². The summed E-state index contributed by atoms with van der Waals surface area (Å²) in [6.45, 7) is 2.98. The molecule has 2 aromatic heterocycles. The Kier molecular flexibility index (Phi) is 6.73. The number of hydrogen-bond acceptors (Lipinski definition) is 5. The third kappa shape index (κ3) is 5.35. The van der Waals surface area contributed by atoms with Crippen LogP contribution in [0.4, 0.5) is 11.5 Å². The Bertz CT molecular complexity index is 818. The van der Waals surface area contributed by atoms with Crippen molar-refractivity contribution in [2.24, 2.45) is 5.92 Å². The van der Waals surface area contributed by atoms with Crippen LogP contribution in [0.25, 0.3) is 0 Å². The smallest absolute Gasteiger partial charge is 0.255 e. The van der Waals surface area contributed by atoms with E-state index in [1.54, 1.807) is 12.3 Å². The van der Waals surface area contributed by atoms with E-state index in [0.29, 0.717) is 22.3 Å². The molecule has 28 heavy (non-hydrogen) atoms. The van der Waals surface area contributed by atoms with Gasteiger partial charge in [-0.05, 0) is 56.2 Å². The molecule has 1 aliphatic carbocycles. The zero-order valence-electron chi connectivity index (χ0n) is 16.7. The number of nitrogens with zero attached hydrogens (tertiary/aromatic N) is 3. The molecule has 7 heteroatoms. The van der Waals surface area contributed by atoms with Gasteiger partial charge in [0.05, 0.1) is 16.3 Å². The van der Waals surface area contributed by atoms with Crippen molar-refractivity contribution in [2.75, 3.05) is 30.9 Å². The number of aryl methyl sites for hydroxylation is 1. The summed E-state index contributed by atoms with van der Waals surface area (Å²) in [5, 5.41) is 7.12. The van der Waals surface area contributed by atoms with Crippen LogP contribution in [0.5, 0.6) is 0 Å². The van der Waals surface area contributed by atoms with Gasteiger partial charge in [-0.3, -0.25) is 9.78 Å². The molecule has 1 fully saturated rings. The molecule has 0 aliphatic heterocycles. The van der Waals surface area contributed by atoms with Crippen LogP contribution < -0.4 is 15.5 Å². The molecule has 0 unspecified atom stereocenters. The Morgan fingerprint density at radius 3 is 2.61 bits per heavy atom. The van der Waals surface area contributed by atoms with Crippen molar-refractivity contribution in [3.63, 3.8) is 0 Å². The molecule has 3 rings (SSSR count). The Morgan fingerprint density at radius 1 is 1.18 bits per heavy atom. The van der Waals surface area contributed by atoms with E-state index in [2.05, 4.69) is 26.7 Å². The molecule has 1 aliphatic rings. The fourth-order valence-electron chi connectivity index (χ4n) is 3.64. The highest BCUT2D eigenvalue weighted by Crippen LogP contribution is 2.26. The predicted octanol–water partition coefficient (Wildman–Crippen LogP) is 3.91. The second-order valence-electron chi connectivity index (χ2n) is 7.74. The van der Waals surface area contributed by atoms with E-state index in [9.17, 15) is 4.79 Å². The molecule has 2 N–H and O–H groups in total. The fraction of sp³-hybridized carbons (Fsp3) is 0.476. The van der Waals surface area contributed by atoms with Gasteiger partial charge in [0.25, 0.3) is 5.91 Å². The standard InChI is InChI=1S/C21H28ClN5O/c1-14-8-18(13-23-10-14)24-11-15-4-6-17(7-5-15)26-21(28)19-9-16(22)12-25-20(19)27(2)3/h8-10,12-13,15,17,24H,4-7,11H2,1-3H3,(H,26,28)/t15-,17-. The highest BCUT2D eigenvalue weighted by atomic mass is 35.5. The second-order valence-corrected chi connectivity index (χ2v) is 8.18. The second kappa shape index (κ2) is 9.24. The summed E-state index contributed by atoms with van der Waals surface area (Å²) in [7, 11) is 3.74. The normalized spacial score (nSPS) is 19.1. The molecule has 0 saturated heterocycles. The number of pyridine rings is 2. The first-order valence-corrected chi connectivity index (χ1v) is 10.1. The highest BCUT2D eigenvalue weighted by Gasteiger charge is 2.24. The maximum Gasteiger partial charge on any atom is 0.255 e. The van der Waals surface area contributed by atoms with Crippen molar-refractivity contribution in [3.05, 3.63) is 46.9 Å². The molecule has 0 bridgehead atoms. The summed E-state index contributed by atoms with van der Waals surface area (Å²) < 4.78 is 0. The number of nitrogens with one attached hydrogen (secondary N) is 2. The SMILES string of the molecule is Cc1cncc(NC[C@H]2CC[C@H](NC(=O)c3cc(Cl)cnc3N(C)C)CC2)c1. The zero-order valence-corrected chi connectivity index (χ0v) is 17.5. The highest BCUT2D eigenvalue weighted by molar-refractivity contribution is 6.31. The average Bonchev–Trinajstić information content (AvgIpc) is 2.67. The van der Waals surface area contributed by atoms with E-state index < -0.39 is 0 Å². The minimum Gasteiger partial charge on any atom is -0.384 e. The number of amides is 1. The van der Waals surface area contributed by atoms with Crippen LogP contribution in [0.1, 0.15) is 41.6 Å². The molecule has 2 heterocycles. The maximum absolute atomic E-state index is 12.8. The quantitative estimate of drug-likeness (QED) is 0.768. The van der Waals surface area contributed by atoms with Gasteiger partial charge in [-0.15, -0.1) is 0 Å². The Balaban J connectivity index is 1.50. The third-order valence-electron chi connectivity index (χ3n) is 5.15. The van der Waals surface area contributed by atoms with Crippen molar-refractivity contribution in [3.8, 4) is 0 Å². The largest absolute Gasteiger partial charge is 0.384 e. The summed E-state index contributed by atoms with van der Waals surface area (Å²) in [6, 6.07) is 3.99. The Morgan fingerprint density at radius 2 is 1.93 bits per heavy atom. The minimum atomic E-state index is -0.105. The molecule has 2 aromatic rings. The van der Waals surface area contributed by atoms with Crippen molar-refractivity contribution in [2.45, 2.75) is 38.6 Å². The van der Waals surface area contributed by atoms with Crippen LogP contribution in [-0.2, 0) is 0 Å². The van der Waals surface area contributed by atoms with Crippen LogP contribution >= 0.6 is 11.6 Å². The van der Waals surface area contributed by atoms with Gasteiger partial charge in [0.1, 0.15) is 5.82 Å². The van der Waals surface area contributed by atoms with Crippen molar-refractivity contribution in [1.82, 2.24) is 15.3 Å². The van der Waals surface area contributed by atoms with Crippen molar-refractivity contribution in [1.29, 1.82) is 0 Å². The molecule has 1 amide bonds. The lowest BCUT2D eigenvalue weighted by Gasteiger charge is -2.29. The maximum atomic E-state index is 12.8. The number of rotatable bonds is 6. The third-order valence-corrected chi connectivity index (χ3v) is 5.36. The summed E-state index contributed by atoms with van der Waals surface area (Å²) in [4.78, 5) is 23.1. The molecule has 0 aromatic carbocycles. The summed E-state index contributed by atoms with van der Waals surface area (Å²) in [6.07, 6.45) is 9.42. The van der Waals surface area contributed by atoms with Gasteiger partial charge in [0.15, 0.2) is 0 Å². The Hall–Kier alpha value is -2.34. The number of anilines is 2. The fourth-order valence-corrected chi connectivity index (χ4v) is 3.80. The molecular formula is C21H28ClN5O. The van der Waals surface area contributed by atoms with E-state index in [4.69, 9.17) is 11.6 Å². The van der Waals surface area contributed by atoms with E-state index in [1.807, 2.05) is 38.3 Å². The van der Waals surface area contributed by atoms with Crippen LogP contribution in [0.2, 0.25) is 5.02 Å². The monoisotopic (exact) mass is 401 g/mol. The predicted molar refractivity (Wildman–Crippen MR) is 114 cm³/mol. The van der Waals surface area contributed by atoms with Gasteiger partial charge in [0.2, 0.25) is 0 Å². The Labute approximate surface area is 171 Å². The van der Waals surface area contributed by atoms with Gasteiger partial charge in [0, 0.05) is 45.3 Å². The van der Waals surface area contributed by atoms with E-state index in [-0.39, 0.29) is 11.9 Å².